The van der Waals surface area contributed by atoms with Crippen LogP contribution in [0.4, 0.5) is 0 Å². The molecule has 0 fully saturated rings. The summed E-state index contributed by atoms with van der Waals surface area (Å²) < 4.78 is 1.89. The van der Waals surface area contributed by atoms with E-state index in [9.17, 15) is 0 Å². The van der Waals surface area contributed by atoms with E-state index in [2.05, 4.69) is 36.1 Å². The van der Waals surface area contributed by atoms with Crippen LogP contribution >= 0.6 is 0 Å². The lowest BCUT2D eigenvalue weighted by Crippen LogP contribution is -2.36. The molecule has 1 unspecified atom stereocenters. The zero-order valence-corrected chi connectivity index (χ0v) is 12.1. The maximum atomic E-state index is 5.85. The molecule has 1 rings (SSSR count). The van der Waals surface area contributed by atoms with E-state index in [0.717, 1.165) is 26.2 Å². The number of likely N-dealkylation sites (N-methyl/N-ethyl adjacent to an activating group) is 1. The van der Waals surface area contributed by atoms with Crippen molar-refractivity contribution in [3.05, 3.63) is 17.5 Å². The zero-order valence-electron chi connectivity index (χ0n) is 12.1. The topological polar surface area (TPSA) is 59.1 Å². The number of hydrogen-bond donors (Lipinski definition) is 2. The van der Waals surface area contributed by atoms with Crippen molar-refractivity contribution in [2.45, 2.75) is 26.8 Å². The van der Waals surface area contributed by atoms with Crippen LogP contribution in [-0.4, -0.2) is 47.4 Å². The SMILES string of the molecule is CCN(CC)CCNC(CN)c1cnn(C)c1C. The van der Waals surface area contributed by atoms with Crippen molar-refractivity contribution < 1.29 is 0 Å². The lowest BCUT2D eigenvalue weighted by Gasteiger charge is -2.21. The summed E-state index contributed by atoms with van der Waals surface area (Å²) in [5.74, 6) is 0. The first-order chi connectivity index (χ1) is 8.63. The lowest BCUT2D eigenvalue weighted by atomic mass is 10.1. The molecule has 0 aromatic carbocycles. The highest BCUT2D eigenvalue weighted by Crippen LogP contribution is 2.15. The van der Waals surface area contributed by atoms with E-state index in [1.54, 1.807) is 0 Å². The van der Waals surface area contributed by atoms with Gasteiger partial charge in [-0.3, -0.25) is 4.68 Å². The fourth-order valence-corrected chi connectivity index (χ4v) is 2.11. The van der Waals surface area contributed by atoms with Gasteiger partial charge >= 0.3 is 0 Å². The summed E-state index contributed by atoms with van der Waals surface area (Å²) >= 11 is 0. The maximum Gasteiger partial charge on any atom is 0.0540 e. The Morgan fingerprint density at radius 3 is 2.56 bits per heavy atom. The first-order valence-electron chi connectivity index (χ1n) is 6.78. The molecule has 18 heavy (non-hydrogen) atoms. The summed E-state index contributed by atoms with van der Waals surface area (Å²) in [4.78, 5) is 2.40. The van der Waals surface area contributed by atoms with Crippen LogP contribution in [0, 0.1) is 6.92 Å². The van der Waals surface area contributed by atoms with Gasteiger partial charge in [0.05, 0.1) is 6.20 Å². The van der Waals surface area contributed by atoms with Gasteiger partial charge in [-0.1, -0.05) is 13.8 Å². The van der Waals surface area contributed by atoms with Crippen molar-refractivity contribution in [3.8, 4) is 0 Å². The van der Waals surface area contributed by atoms with E-state index >= 15 is 0 Å². The minimum Gasteiger partial charge on any atom is -0.329 e. The minimum atomic E-state index is 0.203. The summed E-state index contributed by atoms with van der Waals surface area (Å²) in [6, 6.07) is 0.203. The van der Waals surface area contributed by atoms with Crippen LogP contribution in [0.15, 0.2) is 6.20 Å². The molecule has 5 nitrogen and oxygen atoms in total. The van der Waals surface area contributed by atoms with E-state index in [1.165, 1.54) is 11.3 Å². The van der Waals surface area contributed by atoms with Gasteiger partial charge in [0, 0.05) is 44.0 Å². The minimum absolute atomic E-state index is 0.203. The Hall–Kier alpha value is -0.910. The molecule has 0 aliphatic rings. The molecule has 3 N–H and O–H groups in total. The summed E-state index contributed by atoms with van der Waals surface area (Å²) in [6.07, 6.45) is 1.91. The van der Waals surface area contributed by atoms with Crippen molar-refractivity contribution in [3.63, 3.8) is 0 Å². The molecule has 5 heteroatoms. The first kappa shape index (κ1) is 15.1. The summed E-state index contributed by atoms with van der Waals surface area (Å²) in [6.45, 7) is 11.3. The van der Waals surface area contributed by atoms with Gasteiger partial charge in [-0.25, -0.2) is 0 Å². The molecule has 0 spiro atoms. The second-order valence-corrected chi connectivity index (χ2v) is 4.58. The molecule has 0 saturated carbocycles. The van der Waals surface area contributed by atoms with Crippen LogP contribution in [0.5, 0.6) is 0 Å². The zero-order chi connectivity index (χ0) is 13.5. The van der Waals surface area contributed by atoms with Crippen LogP contribution in [0.2, 0.25) is 0 Å². The Labute approximate surface area is 110 Å². The van der Waals surface area contributed by atoms with Crippen molar-refractivity contribution in [2.75, 3.05) is 32.7 Å². The highest BCUT2D eigenvalue weighted by atomic mass is 15.3. The number of hydrogen-bond acceptors (Lipinski definition) is 4. The van der Waals surface area contributed by atoms with E-state index < -0.39 is 0 Å². The lowest BCUT2D eigenvalue weighted by molar-refractivity contribution is 0.296. The maximum absolute atomic E-state index is 5.85. The number of aryl methyl sites for hydroxylation is 1. The highest BCUT2D eigenvalue weighted by molar-refractivity contribution is 5.20. The monoisotopic (exact) mass is 253 g/mol. The van der Waals surface area contributed by atoms with Crippen LogP contribution in [0.3, 0.4) is 0 Å². The second-order valence-electron chi connectivity index (χ2n) is 4.58. The van der Waals surface area contributed by atoms with Crippen molar-refractivity contribution in [1.29, 1.82) is 0 Å². The Morgan fingerprint density at radius 2 is 2.11 bits per heavy atom. The second kappa shape index (κ2) is 7.51. The molecule has 0 aliphatic carbocycles. The molecule has 0 saturated heterocycles. The Morgan fingerprint density at radius 1 is 1.44 bits per heavy atom. The van der Waals surface area contributed by atoms with Gasteiger partial charge in [-0.05, 0) is 20.0 Å². The van der Waals surface area contributed by atoms with Crippen LogP contribution in [0.25, 0.3) is 0 Å². The average molecular weight is 253 g/mol. The van der Waals surface area contributed by atoms with Gasteiger partial charge in [0.25, 0.3) is 0 Å². The van der Waals surface area contributed by atoms with Gasteiger partial charge < -0.3 is 16.0 Å². The van der Waals surface area contributed by atoms with E-state index in [0.29, 0.717) is 6.54 Å². The molecule has 0 aliphatic heterocycles. The third-order valence-corrected chi connectivity index (χ3v) is 3.60. The van der Waals surface area contributed by atoms with Crippen LogP contribution in [-0.2, 0) is 7.05 Å². The smallest absolute Gasteiger partial charge is 0.0540 e. The molecule has 0 amide bonds. The third-order valence-electron chi connectivity index (χ3n) is 3.60. The fraction of sp³-hybridized carbons (Fsp3) is 0.769. The molecule has 1 atom stereocenters. The molecule has 0 bridgehead atoms. The van der Waals surface area contributed by atoms with Gasteiger partial charge in [-0.15, -0.1) is 0 Å². The van der Waals surface area contributed by atoms with Crippen molar-refractivity contribution in [2.24, 2.45) is 12.8 Å². The Balaban J connectivity index is 2.50. The van der Waals surface area contributed by atoms with Gasteiger partial charge in [0.2, 0.25) is 0 Å². The van der Waals surface area contributed by atoms with Gasteiger partial charge in [-0.2, -0.15) is 5.10 Å². The number of nitrogens with zero attached hydrogens (tertiary/aromatic N) is 3. The normalized spacial score (nSPS) is 13.2. The van der Waals surface area contributed by atoms with Crippen LogP contribution < -0.4 is 11.1 Å². The van der Waals surface area contributed by atoms with Crippen molar-refractivity contribution in [1.82, 2.24) is 20.0 Å². The summed E-state index contributed by atoms with van der Waals surface area (Å²) in [5, 5.41) is 7.79. The molecule has 1 aromatic heterocycles. The number of nitrogens with one attached hydrogen (secondary N) is 1. The standard InChI is InChI=1S/C13H27N5/c1-5-18(6-2)8-7-15-13(9-14)12-10-16-17(4)11(12)3/h10,13,15H,5-9,14H2,1-4H3. The average Bonchev–Trinajstić information content (AvgIpc) is 2.71. The Kier molecular flexibility index (Phi) is 6.32. The molecular formula is C13H27N5. The quantitative estimate of drug-likeness (QED) is 0.714. The summed E-state index contributed by atoms with van der Waals surface area (Å²) in [5.41, 5.74) is 8.24. The Bertz CT molecular complexity index is 343. The number of nitrogens with two attached hydrogens (primary N) is 1. The predicted octanol–water partition coefficient (Wildman–Crippen LogP) is 0.660. The van der Waals surface area contributed by atoms with E-state index in [4.69, 9.17) is 5.73 Å². The highest BCUT2D eigenvalue weighted by Gasteiger charge is 2.14. The number of aromatic nitrogens is 2. The van der Waals surface area contributed by atoms with E-state index in [-0.39, 0.29) is 6.04 Å². The largest absolute Gasteiger partial charge is 0.329 e. The summed E-state index contributed by atoms with van der Waals surface area (Å²) in [7, 11) is 1.96. The van der Waals surface area contributed by atoms with Crippen LogP contribution in [0.1, 0.15) is 31.1 Å². The molecule has 1 aromatic rings. The first-order valence-corrected chi connectivity index (χ1v) is 6.78. The van der Waals surface area contributed by atoms with E-state index in [1.807, 2.05) is 17.9 Å². The predicted molar refractivity (Wildman–Crippen MR) is 75.5 cm³/mol. The fourth-order valence-electron chi connectivity index (χ4n) is 2.11. The molecule has 1 heterocycles. The van der Waals surface area contributed by atoms with Gasteiger partial charge in [0.1, 0.15) is 0 Å². The van der Waals surface area contributed by atoms with Gasteiger partial charge in [0.15, 0.2) is 0 Å². The van der Waals surface area contributed by atoms with Crippen molar-refractivity contribution >= 4 is 0 Å². The molecular weight excluding hydrogens is 226 g/mol. The third kappa shape index (κ3) is 3.80. The molecule has 0 radical (unpaired) electrons. The molecule has 104 valence electrons. The number of rotatable bonds is 8.